The predicted octanol–water partition coefficient (Wildman–Crippen LogP) is 4.60. The zero-order valence-electron chi connectivity index (χ0n) is 15.0. The molecule has 0 N–H and O–H groups in total. The van der Waals surface area contributed by atoms with E-state index in [9.17, 15) is 4.79 Å². The molecule has 0 unspecified atom stereocenters. The first-order valence-electron chi connectivity index (χ1n) is 7.98. The quantitative estimate of drug-likeness (QED) is 0.681. The molecule has 4 nitrogen and oxygen atoms in total. The Balaban J connectivity index is 2.37. The van der Waals surface area contributed by atoms with E-state index in [1.807, 2.05) is 71.0 Å². The van der Waals surface area contributed by atoms with E-state index in [4.69, 9.17) is 0 Å². The minimum absolute atomic E-state index is 0.0298. The molecule has 0 radical (unpaired) electrons. The van der Waals surface area contributed by atoms with Crippen molar-refractivity contribution >= 4 is 50.5 Å². The van der Waals surface area contributed by atoms with Gasteiger partial charge in [-0.3, -0.25) is 14.7 Å². The Labute approximate surface area is 157 Å². The summed E-state index contributed by atoms with van der Waals surface area (Å²) in [5, 5.41) is 0.792. The SMILES string of the molecule is CC(C)N=C1S/C(=C/c2ccc(N(C)C)c(Br)c2)C(=O)N1C(C)C. The number of hydrogen-bond acceptors (Lipinski definition) is 4. The number of carbonyl (C=O) groups excluding carboxylic acids is 1. The van der Waals surface area contributed by atoms with Gasteiger partial charge in [0.1, 0.15) is 0 Å². The number of amides is 1. The molecule has 0 saturated carbocycles. The molecule has 1 aliphatic rings. The molecule has 1 saturated heterocycles. The van der Waals surface area contributed by atoms with Crippen LogP contribution in [0, 0.1) is 0 Å². The van der Waals surface area contributed by atoms with Crippen molar-refractivity contribution in [3.05, 3.63) is 33.1 Å². The van der Waals surface area contributed by atoms with Crippen LogP contribution in [0.1, 0.15) is 33.3 Å². The number of amidine groups is 1. The van der Waals surface area contributed by atoms with Gasteiger partial charge in [0.2, 0.25) is 0 Å². The van der Waals surface area contributed by atoms with Gasteiger partial charge in [-0.2, -0.15) is 0 Å². The normalized spacial score (nSPS) is 18.5. The van der Waals surface area contributed by atoms with Crippen LogP contribution in [-0.4, -0.2) is 42.2 Å². The second-order valence-corrected chi connectivity index (χ2v) is 8.35. The summed E-state index contributed by atoms with van der Waals surface area (Å²) >= 11 is 5.05. The van der Waals surface area contributed by atoms with E-state index in [0.29, 0.717) is 4.91 Å². The van der Waals surface area contributed by atoms with Gasteiger partial charge in [-0.25, -0.2) is 0 Å². The van der Waals surface area contributed by atoms with Crippen molar-refractivity contribution < 1.29 is 4.79 Å². The van der Waals surface area contributed by atoms with Crippen molar-refractivity contribution in [2.45, 2.75) is 39.8 Å². The fraction of sp³-hybridized carbons (Fsp3) is 0.444. The third-order valence-corrected chi connectivity index (χ3v) is 5.11. The predicted molar refractivity (Wildman–Crippen MR) is 109 cm³/mol. The maximum Gasteiger partial charge on any atom is 0.266 e. The fourth-order valence-corrected chi connectivity index (χ4v) is 4.36. The molecule has 0 atom stereocenters. The smallest absolute Gasteiger partial charge is 0.266 e. The van der Waals surface area contributed by atoms with Gasteiger partial charge in [0.05, 0.1) is 10.6 Å². The minimum Gasteiger partial charge on any atom is -0.377 e. The van der Waals surface area contributed by atoms with E-state index < -0.39 is 0 Å². The molecular weight excluding hydrogens is 386 g/mol. The van der Waals surface area contributed by atoms with Crippen molar-refractivity contribution in [2.24, 2.45) is 4.99 Å². The minimum atomic E-state index is 0.0298. The summed E-state index contributed by atoms with van der Waals surface area (Å²) in [7, 11) is 4.01. The molecule has 130 valence electrons. The number of benzene rings is 1. The summed E-state index contributed by atoms with van der Waals surface area (Å²) < 4.78 is 1.01. The van der Waals surface area contributed by atoms with Crippen molar-refractivity contribution in [1.82, 2.24) is 4.90 Å². The third-order valence-electron chi connectivity index (χ3n) is 3.47. The molecule has 1 aliphatic heterocycles. The van der Waals surface area contributed by atoms with E-state index >= 15 is 0 Å². The van der Waals surface area contributed by atoms with Crippen LogP contribution in [0.4, 0.5) is 5.69 Å². The fourth-order valence-electron chi connectivity index (χ4n) is 2.38. The molecule has 1 heterocycles. The van der Waals surface area contributed by atoms with E-state index in [2.05, 4.69) is 20.9 Å². The highest BCUT2D eigenvalue weighted by molar-refractivity contribution is 9.10. The summed E-state index contributed by atoms with van der Waals surface area (Å²) in [4.78, 5) is 21.9. The van der Waals surface area contributed by atoms with Crippen molar-refractivity contribution in [2.75, 3.05) is 19.0 Å². The molecule has 0 bridgehead atoms. The maximum absolute atomic E-state index is 12.7. The van der Waals surface area contributed by atoms with E-state index in [1.165, 1.54) is 11.8 Å². The topological polar surface area (TPSA) is 35.9 Å². The van der Waals surface area contributed by atoms with E-state index in [1.54, 1.807) is 4.90 Å². The summed E-state index contributed by atoms with van der Waals surface area (Å²) in [6.45, 7) is 8.07. The molecule has 1 aromatic carbocycles. The standard InChI is InChI=1S/C18H24BrN3OS/c1-11(2)20-18-22(12(3)4)17(23)16(24-18)10-13-7-8-15(21(5)6)14(19)9-13/h7-12H,1-6H3/b16-10+,20-18?. The van der Waals surface area contributed by atoms with Crippen molar-refractivity contribution in [3.63, 3.8) is 0 Å². The summed E-state index contributed by atoms with van der Waals surface area (Å²) in [5.41, 5.74) is 2.10. The Hall–Kier alpha value is -1.27. The summed E-state index contributed by atoms with van der Waals surface area (Å²) in [6, 6.07) is 6.36. The maximum atomic E-state index is 12.7. The first-order valence-corrected chi connectivity index (χ1v) is 9.59. The van der Waals surface area contributed by atoms with Crippen LogP contribution in [0.2, 0.25) is 0 Å². The lowest BCUT2D eigenvalue weighted by molar-refractivity contribution is -0.123. The molecule has 24 heavy (non-hydrogen) atoms. The van der Waals surface area contributed by atoms with Gasteiger partial charge < -0.3 is 4.90 Å². The number of aliphatic imine (C=N–C) groups is 1. The third kappa shape index (κ3) is 4.22. The highest BCUT2D eigenvalue weighted by Crippen LogP contribution is 2.35. The van der Waals surface area contributed by atoms with Crippen LogP contribution in [0.5, 0.6) is 0 Å². The highest BCUT2D eigenvalue weighted by atomic mass is 79.9. The largest absolute Gasteiger partial charge is 0.377 e. The van der Waals surface area contributed by atoms with Gasteiger partial charge in [-0.05, 0) is 79.2 Å². The van der Waals surface area contributed by atoms with Crippen LogP contribution in [-0.2, 0) is 4.79 Å². The zero-order chi connectivity index (χ0) is 18.0. The zero-order valence-corrected chi connectivity index (χ0v) is 17.4. The number of anilines is 1. The lowest BCUT2D eigenvalue weighted by Crippen LogP contribution is -2.35. The first kappa shape index (κ1) is 19.1. The Morgan fingerprint density at radius 2 is 1.92 bits per heavy atom. The van der Waals surface area contributed by atoms with E-state index in [0.717, 1.165) is 20.9 Å². The lowest BCUT2D eigenvalue weighted by Gasteiger charge is -2.20. The van der Waals surface area contributed by atoms with Gasteiger partial charge in [0, 0.05) is 30.7 Å². The molecular formula is C18H24BrN3OS. The van der Waals surface area contributed by atoms with Gasteiger partial charge >= 0.3 is 0 Å². The Morgan fingerprint density at radius 3 is 2.42 bits per heavy atom. The number of rotatable bonds is 4. The monoisotopic (exact) mass is 409 g/mol. The lowest BCUT2D eigenvalue weighted by atomic mass is 10.2. The second-order valence-electron chi connectivity index (χ2n) is 6.49. The molecule has 0 aromatic heterocycles. The number of thioether (sulfide) groups is 1. The average molecular weight is 410 g/mol. The molecule has 6 heteroatoms. The molecule has 1 aromatic rings. The average Bonchev–Trinajstić information content (AvgIpc) is 2.73. The van der Waals surface area contributed by atoms with Gasteiger partial charge in [-0.1, -0.05) is 6.07 Å². The summed E-state index contributed by atoms with van der Waals surface area (Å²) in [5.74, 6) is 0.0298. The Kier molecular flexibility index (Phi) is 6.15. The number of carbonyl (C=O) groups is 1. The van der Waals surface area contributed by atoms with Gasteiger partial charge in [0.15, 0.2) is 5.17 Å². The number of nitrogens with zero attached hydrogens (tertiary/aromatic N) is 3. The Morgan fingerprint density at radius 1 is 1.25 bits per heavy atom. The van der Waals surface area contributed by atoms with E-state index in [-0.39, 0.29) is 18.0 Å². The van der Waals surface area contributed by atoms with Gasteiger partial charge in [0.25, 0.3) is 5.91 Å². The molecule has 2 rings (SSSR count). The van der Waals surface area contributed by atoms with Crippen LogP contribution in [0.3, 0.4) is 0 Å². The number of hydrogen-bond donors (Lipinski definition) is 0. The van der Waals surface area contributed by atoms with Crippen LogP contribution in [0.15, 0.2) is 32.6 Å². The molecule has 1 fully saturated rings. The summed E-state index contributed by atoms with van der Waals surface area (Å²) in [6.07, 6.45) is 1.94. The Bertz CT molecular complexity index is 696. The van der Waals surface area contributed by atoms with Crippen LogP contribution in [0.25, 0.3) is 6.08 Å². The molecule has 0 aliphatic carbocycles. The molecule has 0 spiro atoms. The first-order chi connectivity index (χ1) is 11.2. The molecule has 1 amide bonds. The highest BCUT2D eigenvalue weighted by Gasteiger charge is 2.35. The van der Waals surface area contributed by atoms with Crippen LogP contribution < -0.4 is 4.90 Å². The second kappa shape index (κ2) is 7.74. The van der Waals surface area contributed by atoms with Crippen LogP contribution >= 0.6 is 27.7 Å². The van der Waals surface area contributed by atoms with Crippen molar-refractivity contribution in [1.29, 1.82) is 0 Å². The van der Waals surface area contributed by atoms with Gasteiger partial charge in [-0.15, -0.1) is 0 Å². The van der Waals surface area contributed by atoms with Crippen molar-refractivity contribution in [3.8, 4) is 0 Å². The number of halogens is 1.